The van der Waals surface area contributed by atoms with Crippen molar-refractivity contribution in [2.24, 2.45) is 17.6 Å². The molecule has 0 aromatic heterocycles. The van der Waals surface area contributed by atoms with E-state index in [1.54, 1.807) is 0 Å². The highest BCUT2D eigenvalue weighted by atomic mass is 16.5. The van der Waals surface area contributed by atoms with Crippen molar-refractivity contribution in [1.29, 1.82) is 0 Å². The second kappa shape index (κ2) is 6.80. The van der Waals surface area contributed by atoms with Gasteiger partial charge in [0.1, 0.15) is 0 Å². The summed E-state index contributed by atoms with van der Waals surface area (Å²) in [6, 6.07) is 0. The van der Waals surface area contributed by atoms with Crippen molar-refractivity contribution in [2.75, 3.05) is 26.3 Å². The average molecular weight is 214 g/mol. The van der Waals surface area contributed by atoms with Gasteiger partial charge in [0.15, 0.2) is 0 Å². The molecule has 1 fully saturated rings. The zero-order chi connectivity index (χ0) is 11.1. The van der Waals surface area contributed by atoms with Crippen molar-refractivity contribution < 1.29 is 9.53 Å². The number of nitrogens with one attached hydrogen (secondary N) is 1. The Morgan fingerprint density at radius 1 is 1.67 bits per heavy atom. The summed E-state index contributed by atoms with van der Waals surface area (Å²) in [4.78, 5) is 11.6. The van der Waals surface area contributed by atoms with Crippen LogP contribution in [0.4, 0.5) is 0 Å². The number of carbonyl (C=O) groups excluding carboxylic acids is 1. The Labute approximate surface area is 91.5 Å². The molecule has 4 heteroatoms. The van der Waals surface area contributed by atoms with Crippen molar-refractivity contribution in [3.05, 3.63) is 0 Å². The van der Waals surface area contributed by atoms with Crippen molar-refractivity contribution in [3.8, 4) is 0 Å². The van der Waals surface area contributed by atoms with Crippen molar-refractivity contribution in [1.82, 2.24) is 5.32 Å². The van der Waals surface area contributed by atoms with Gasteiger partial charge in [0.25, 0.3) is 0 Å². The van der Waals surface area contributed by atoms with Crippen LogP contribution < -0.4 is 11.1 Å². The molecule has 2 atom stereocenters. The van der Waals surface area contributed by atoms with E-state index < -0.39 is 0 Å². The van der Waals surface area contributed by atoms with Gasteiger partial charge < -0.3 is 15.8 Å². The normalized spacial score (nSPS) is 22.7. The Bertz CT molecular complexity index is 187. The van der Waals surface area contributed by atoms with Crippen molar-refractivity contribution in [2.45, 2.75) is 26.2 Å². The fourth-order valence-corrected chi connectivity index (χ4v) is 1.81. The number of hydrogen-bond donors (Lipinski definition) is 2. The van der Waals surface area contributed by atoms with Crippen LogP contribution in [0, 0.1) is 11.8 Å². The van der Waals surface area contributed by atoms with Gasteiger partial charge in [0.05, 0.1) is 0 Å². The van der Waals surface area contributed by atoms with Gasteiger partial charge >= 0.3 is 0 Å². The number of nitrogens with two attached hydrogens (primary N) is 1. The van der Waals surface area contributed by atoms with Crippen LogP contribution >= 0.6 is 0 Å². The highest BCUT2D eigenvalue weighted by Gasteiger charge is 2.17. The maximum atomic E-state index is 11.6. The third-order valence-corrected chi connectivity index (χ3v) is 3.02. The largest absolute Gasteiger partial charge is 0.381 e. The van der Waals surface area contributed by atoms with Crippen LogP contribution in [0.1, 0.15) is 26.2 Å². The number of amides is 1. The van der Waals surface area contributed by atoms with Gasteiger partial charge in [-0.1, -0.05) is 6.92 Å². The van der Waals surface area contributed by atoms with Gasteiger partial charge in [-0.05, 0) is 25.2 Å². The summed E-state index contributed by atoms with van der Waals surface area (Å²) in [6.07, 6.45) is 2.96. The van der Waals surface area contributed by atoms with Gasteiger partial charge in [-0.25, -0.2) is 0 Å². The van der Waals surface area contributed by atoms with Gasteiger partial charge in [-0.3, -0.25) is 4.79 Å². The lowest BCUT2D eigenvalue weighted by Crippen LogP contribution is -2.35. The van der Waals surface area contributed by atoms with Crippen LogP contribution in [0.25, 0.3) is 0 Å². The van der Waals surface area contributed by atoms with Crippen LogP contribution in [-0.2, 0) is 9.53 Å². The van der Waals surface area contributed by atoms with Gasteiger partial charge in [0.2, 0.25) is 5.91 Å². The monoisotopic (exact) mass is 214 g/mol. The van der Waals surface area contributed by atoms with Gasteiger partial charge in [0, 0.05) is 32.2 Å². The fraction of sp³-hybridized carbons (Fsp3) is 0.909. The van der Waals surface area contributed by atoms with Crippen LogP contribution in [0.5, 0.6) is 0 Å². The second-order valence-electron chi connectivity index (χ2n) is 4.15. The molecular formula is C11H22N2O2. The molecule has 0 aliphatic carbocycles. The summed E-state index contributed by atoms with van der Waals surface area (Å²) < 4.78 is 5.27. The summed E-state index contributed by atoms with van der Waals surface area (Å²) in [5.41, 5.74) is 5.50. The van der Waals surface area contributed by atoms with E-state index in [9.17, 15) is 4.79 Å². The van der Waals surface area contributed by atoms with Gasteiger partial charge in [-0.2, -0.15) is 0 Å². The van der Waals surface area contributed by atoms with E-state index in [0.717, 1.165) is 39.0 Å². The quantitative estimate of drug-likeness (QED) is 0.677. The van der Waals surface area contributed by atoms with E-state index in [1.807, 2.05) is 6.92 Å². The fourth-order valence-electron chi connectivity index (χ4n) is 1.81. The zero-order valence-corrected chi connectivity index (χ0v) is 9.50. The van der Waals surface area contributed by atoms with Crippen molar-refractivity contribution >= 4 is 5.91 Å². The zero-order valence-electron chi connectivity index (χ0n) is 9.50. The molecule has 1 aliphatic heterocycles. The summed E-state index contributed by atoms with van der Waals surface area (Å²) in [5.74, 6) is 0.701. The molecule has 1 amide bonds. The third kappa shape index (κ3) is 4.18. The number of hydrogen-bond acceptors (Lipinski definition) is 3. The highest BCUT2D eigenvalue weighted by molar-refractivity contribution is 5.78. The molecule has 15 heavy (non-hydrogen) atoms. The molecule has 0 saturated carbocycles. The lowest BCUT2D eigenvalue weighted by atomic mass is 10.0. The van der Waals surface area contributed by atoms with Crippen LogP contribution in [0.2, 0.25) is 0 Å². The molecule has 88 valence electrons. The Hall–Kier alpha value is -0.610. The molecule has 1 heterocycles. The van der Waals surface area contributed by atoms with Gasteiger partial charge in [-0.15, -0.1) is 0 Å². The molecule has 2 unspecified atom stereocenters. The molecule has 0 bridgehead atoms. The first kappa shape index (κ1) is 12.5. The van der Waals surface area contributed by atoms with E-state index >= 15 is 0 Å². The van der Waals surface area contributed by atoms with E-state index in [2.05, 4.69) is 5.32 Å². The smallest absolute Gasteiger partial charge is 0.224 e. The molecule has 0 aromatic rings. The van der Waals surface area contributed by atoms with Crippen molar-refractivity contribution in [3.63, 3.8) is 0 Å². The molecule has 0 radical (unpaired) electrons. The Morgan fingerprint density at radius 2 is 2.47 bits per heavy atom. The minimum atomic E-state index is -0.0233. The van der Waals surface area contributed by atoms with Crippen LogP contribution in [0.15, 0.2) is 0 Å². The van der Waals surface area contributed by atoms with E-state index in [0.29, 0.717) is 12.5 Å². The minimum absolute atomic E-state index is 0.0233. The summed E-state index contributed by atoms with van der Waals surface area (Å²) in [6.45, 7) is 4.91. The number of carbonyl (C=O) groups is 1. The lowest BCUT2D eigenvalue weighted by Gasteiger charge is -2.13. The standard InChI is InChI=1S/C11H22N2O2/c1-2-10(7-12)11(14)13-5-3-9-4-6-15-8-9/h9-10H,2-8,12H2,1H3,(H,13,14). The second-order valence-corrected chi connectivity index (χ2v) is 4.15. The SMILES string of the molecule is CCC(CN)C(=O)NCCC1CCOC1. The Morgan fingerprint density at radius 3 is 3.00 bits per heavy atom. The molecule has 1 rings (SSSR count). The topological polar surface area (TPSA) is 64.4 Å². The van der Waals surface area contributed by atoms with E-state index in [4.69, 9.17) is 10.5 Å². The predicted octanol–water partition coefficient (Wildman–Crippen LogP) is 0.514. The molecule has 1 aliphatic rings. The Kier molecular flexibility index (Phi) is 5.65. The first-order valence-electron chi connectivity index (χ1n) is 5.83. The molecule has 1 saturated heterocycles. The van der Waals surface area contributed by atoms with E-state index in [1.165, 1.54) is 0 Å². The molecular weight excluding hydrogens is 192 g/mol. The molecule has 0 spiro atoms. The van der Waals surface area contributed by atoms with Crippen LogP contribution in [-0.4, -0.2) is 32.2 Å². The first-order chi connectivity index (χ1) is 7.27. The molecule has 0 aromatic carbocycles. The summed E-state index contributed by atoms with van der Waals surface area (Å²) >= 11 is 0. The van der Waals surface area contributed by atoms with Crippen LogP contribution in [0.3, 0.4) is 0 Å². The number of rotatable bonds is 6. The highest BCUT2D eigenvalue weighted by Crippen LogP contribution is 2.15. The minimum Gasteiger partial charge on any atom is -0.381 e. The maximum Gasteiger partial charge on any atom is 0.224 e. The number of ether oxygens (including phenoxy) is 1. The maximum absolute atomic E-state index is 11.6. The summed E-state index contributed by atoms with van der Waals surface area (Å²) in [5, 5.41) is 2.94. The lowest BCUT2D eigenvalue weighted by molar-refractivity contribution is -0.124. The van der Waals surface area contributed by atoms with E-state index in [-0.39, 0.29) is 11.8 Å². The first-order valence-corrected chi connectivity index (χ1v) is 5.83. The molecule has 3 N–H and O–H groups in total. The summed E-state index contributed by atoms with van der Waals surface area (Å²) in [7, 11) is 0. The average Bonchev–Trinajstić information content (AvgIpc) is 2.72. The predicted molar refractivity (Wildman–Crippen MR) is 59.4 cm³/mol. The third-order valence-electron chi connectivity index (χ3n) is 3.02. The Balaban J connectivity index is 2.10. The molecule has 4 nitrogen and oxygen atoms in total.